The first kappa shape index (κ1) is 11.1. The van der Waals surface area contributed by atoms with Crippen LogP contribution in [0.3, 0.4) is 0 Å². The van der Waals surface area contributed by atoms with Crippen LogP contribution in [0.2, 0.25) is 0 Å². The quantitative estimate of drug-likeness (QED) is 0.882. The van der Waals surface area contributed by atoms with Gasteiger partial charge in [0.25, 0.3) is 0 Å². The summed E-state index contributed by atoms with van der Waals surface area (Å²) in [7, 11) is 1.68. The van der Waals surface area contributed by atoms with Gasteiger partial charge >= 0.3 is 0 Å². The molecule has 2 rings (SSSR count). The summed E-state index contributed by atoms with van der Waals surface area (Å²) in [5.74, 6) is 0.883. The number of ether oxygens (including phenoxy) is 1. The summed E-state index contributed by atoms with van der Waals surface area (Å²) in [5, 5.41) is 3.10. The molecule has 0 amide bonds. The van der Waals surface area contributed by atoms with Crippen molar-refractivity contribution in [3.63, 3.8) is 0 Å². The molecule has 0 fully saturated rings. The van der Waals surface area contributed by atoms with Gasteiger partial charge in [-0.2, -0.15) is 0 Å². The Morgan fingerprint density at radius 1 is 1.44 bits per heavy atom. The lowest BCUT2D eigenvalue weighted by Crippen LogP contribution is -1.97. The Bertz CT molecular complexity index is 468. The van der Waals surface area contributed by atoms with Crippen molar-refractivity contribution in [3.8, 4) is 5.75 Å². The summed E-state index contributed by atoms with van der Waals surface area (Å²) in [6.07, 6.45) is 0.835. The largest absolute Gasteiger partial charge is 0.497 e. The van der Waals surface area contributed by atoms with E-state index in [1.165, 1.54) is 5.56 Å². The van der Waals surface area contributed by atoms with Crippen LogP contribution in [-0.4, -0.2) is 12.1 Å². The zero-order valence-corrected chi connectivity index (χ0v) is 9.96. The number of methoxy groups -OCH3 is 1. The monoisotopic (exact) mass is 234 g/mol. The lowest BCUT2D eigenvalue weighted by Gasteiger charge is -2.02. The molecule has 1 heterocycles. The van der Waals surface area contributed by atoms with E-state index < -0.39 is 0 Å². The van der Waals surface area contributed by atoms with Gasteiger partial charge in [0, 0.05) is 18.3 Å². The number of nitrogens with two attached hydrogens (primary N) is 1. The minimum Gasteiger partial charge on any atom is -0.497 e. The fourth-order valence-corrected chi connectivity index (χ4v) is 2.32. The third-order valence-corrected chi connectivity index (χ3v) is 3.20. The second-order valence-electron chi connectivity index (χ2n) is 3.47. The van der Waals surface area contributed by atoms with Crippen LogP contribution in [-0.2, 0) is 13.0 Å². The van der Waals surface area contributed by atoms with Gasteiger partial charge in [-0.3, -0.25) is 0 Å². The van der Waals surface area contributed by atoms with Gasteiger partial charge in [0.2, 0.25) is 0 Å². The maximum Gasteiger partial charge on any atom is 0.119 e. The third-order valence-electron chi connectivity index (χ3n) is 2.30. The summed E-state index contributed by atoms with van der Waals surface area (Å²) in [5.41, 5.74) is 7.69. The number of thiazole rings is 1. The molecular formula is C12H14N2OS. The molecule has 0 saturated heterocycles. The van der Waals surface area contributed by atoms with Crippen LogP contribution in [0.1, 0.15) is 16.3 Å². The Morgan fingerprint density at radius 2 is 2.31 bits per heavy atom. The van der Waals surface area contributed by atoms with Gasteiger partial charge in [0.05, 0.1) is 17.8 Å². The predicted molar refractivity (Wildman–Crippen MR) is 65.8 cm³/mol. The first-order chi connectivity index (χ1) is 7.81. The number of aromatic nitrogens is 1. The summed E-state index contributed by atoms with van der Waals surface area (Å²) in [6, 6.07) is 8.04. The Balaban J connectivity index is 2.13. The van der Waals surface area contributed by atoms with Crippen LogP contribution < -0.4 is 10.5 Å². The lowest BCUT2D eigenvalue weighted by molar-refractivity contribution is 0.414. The van der Waals surface area contributed by atoms with Crippen LogP contribution in [0.25, 0.3) is 0 Å². The molecule has 0 radical (unpaired) electrons. The average Bonchev–Trinajstić information content (AvgIpc) is 2.77. The van der Waals surface area contributed by atoms with Crippen LogP contribution in [0.5, 0.6) is 5.75 Å². The van der Waals surface area contributed by atoms with Crippen molar-refractivity contribution < 1.29 is 4.74 Å². The highest BCUT2D eigenvalue weighted by Gasteiger charge is 2.03. The second kappa shape index (κ2) is 5.09. The molecule has 0 bridgehead atoms. The van der Waals surface area contributed by atoms with Crippen molar-refractivity contribution in [1.82, 2.24) is 4.98 Å². The zero-order valence-electron chi connectivity index (χ0n) is 9.14. The summed E-state index contributed by atoms with van der Waals surface area (Å²) < 4.78 is 5.18. The molecule has 2 N–H and O–H groups in total. The molecule has 0 atom stereocenters. The molecule has 84 valence electrons. The Labute approximate surface area is 98.9 Å². The maximum absolute atomic E-state index is 5.53. The highest BCUT2D eigenvalue weighted by Crippen LogP contribution is 2.18. The molecule has 0 aliphatic heterocycles. The Kier molecular flexibility index (Phi) is 3.54. The summed E-state index contributed by atoms with van der Waals surface area (Å²) in [4.78, 5) is 4.43. The zero-order chi connectivity index (χ0) is 11.4. The van der Waals surface area contributed by atoms with Gasteiger partial charge in [-0.15, -0.1) is 11.3 Å². The normalized spacial score (nSPS) is 10.4. The first-order valence-corrected chi connectivity index (χ1v) is 5.96. The molecule has 4 heteroatoms. The van der Waals surface area contributed by atoms with Gasteiger partial charge in [-0.25, -0.2) is 4.98 Å². The molecule has 2 aromatic rings. The van der Waals surface area contributed by atoms with E-state index >= 15 is 0 Å². The van der Waals surface area contributed by atoms with Crippen molar-refractivity contribution in [3.05, 3.63) is 45.9 Å². The van der Waals surface area contributed by atoms with E-state index in [1.807, 2.05) is 23.6 Å². The third kappa shape index (κ3) is 2.59. The fraction of sp³-hybridized carbons (Fsp3) is 0.250. The van der Waals surface area contributed by atoms with Crippen molar-refractivity contribution in [2.24, 2.45) is 5.73 Å². The number of hydrogen-bond donors (Lipinski definition) is 1. The molecule has 16 heavy (non-hydrogen) atoms. The Hall–Kier alpha value is -1.39. The fourth-order valence-electron chi connectivity index (χ4n) is 1.48. The van der Waals surface area contributed by atoms with Crippen molar-refractivity contribution in [1.29, 1.82) is 0 Å². The molecule has 0 saturated carbocycles. The van der Waals surface area contributed by atoms with E-state index in [-0.39, 0.29) is 0 Å². The smallest absolute Gasteiger partial charge is 0.119 e. The SMILES string of the molecule is COc1cccc(Cc2nc(CN)cs2)c1. The minimum absolute atomic E-state index is 0.509. The highest BCUT2D eigenvalue weighted by molar-refractivity contribution is 7.09. The predicted octanol–water partition coefficient (Wildman–Crippen LogP) is 2.20. The molecule has 0 unspecified atom stereocenters. The highest BCUT2D eigenvalue weighted by atomic mass is 32.1. The Morgan fingerprint density at radius 3 is 3.00 bits per heavy atom. The van der Waals surface area contributed by atoms with Crippen molar-refractivity contribution in [2.75, 3.05) is 7.11 Å². The average molecular weight is 234 g/mol. The summed E-state index contributed by atoms with van der Waals surface area (Å²) >= 11 is 1.65. The molecule has 0 aliphatic carbocycles. The lowest BCUT2D eigenvalue weighted by atomic mass is 10.1. The van der Waals surface area contributed by atoms with Crippen molar-refractivity contribution >= 4 is 11.3 Å². The van der Waals surface area contributed by atoms with Gasteiger partial charge in [0.15, 0.2) is 0 Å². The van der Waals surface area contributed by atoms with Crippen LogP contribution >= 0.6 is 11.3 Å². The van der Waals surface area contributed by atoms with Crippen LogP contribution in [0, 0.1) is 0 Å². The van der Waals surface area contributed by atoms with E-state index in [2.05, 4.69) is 11.1 Å². The van der Waals surface area contributed by atoms with Crippen LogP contribution in [0.15, 0.2) is 29.6 Å². The number of rotatable bonds is 4. The van der Waals surface area contributed by atoms with E-state index in [0.717, 1.165) is 22.9 Å². The minimum atomic E-state index is 0.509. The first-order valence-electron chi connectivity index (χ1n) is 5.08. The molecule has 1 aromatic heterocycles. The maximum atomic E-state index is 5.53. The molecule has 1 aromatic carbocycles. The molecular weight excluding hydrogens is 220 g/mol. The second-order valence-corrected chi connectivity index (χ2v) is 4.41. The number of benzene rings is 1. The number of hydrogen-bond acceptors (Lipinski definition) is 4. The van der Waals surface area contributed by atoms with E-state index in [0.29, 0.717) is 6.54 Å². The van der Waals surface area contributed by atoms with Crippen LogP contribution in [0.4, 0.5) is 0 Å². The van der Waals surface area contributed by atoms with E-state index in [9.17, 15) is 0 Å². The molecule has 3 nitrogen and oxygen atoms in total. The standard InChI is InChI=1S/C12H14N2OS/c1-15-11-4-2-3-9(5-11)6-12-14-10(7-13)8-16-12/h2-5,8H,6-7,13H2,1H3. The number of nitrogens with zero attached hydrogens (tertiary/aromatic N) is 1. The van der Waals surface area contributed by atoms with Gasteiger partial charge in [-0.05, 0) is 17.7 Å². The van der Waals surface area contributed by atoms with Gasteiger partial charge in [-0.1, -0.05) is 12.1 Å². The van der Waals surface area contributed by atoms with Gasteiger partial charge in [0.1, 0.15) is 5.75 Å². The van der Waals surface area contributed by atoms with E-state index in [1.54, 1.807) is 18.4 Å². The molecule has 0 spiro atoms. The topological polar surface area (TPSA) is 48.1 Å². The molecule has 0 aliphatic rings. The summed E-state index contributed by atoms with van der Waals surface area (Å²) in [6.45, 7) is 0.509. The van der Waals surface area contributed by atoms with Crippen molar-refractivity contribution in [2.45, 2.75) is 13.0 Å². The van der Waals surface area contributed by atoms with Gasteiger partial charge < -0.3 is 10.5 Å². The van der Waals surface area contributed by atoms with E-state index in [4.69, 9.17) is 10.5 Å².